The molecule has 0 aliphatic heterocycles. The largest absolute Gasteiger partial charge is 0.502 e. The van der Waals surface area contributed by atoms with Gasteiger partial charge in [-0.3, -0.25) is 19.0 Å². The minimum Gasteiger partial charge on any atom is -0.502 e. The number of primary amides is 1. The van der Waals surface area contributed by atoms with Gasteiger partial charge in [0.15, 0.2) is 11.3 Å². The second-order valence-corrected chi connectivity index (χ2v) is 9.73. The predicted molar refractivity (Wildman–Crippen MR) is 131 cm³/mol. The maximum absolute atomic E-state index is 13.4. The monoisotopic (exact) mass is 467 g/mol. The van der Waals surface area contributed by atoms with Crippen LogP contribution in [0.4, 0.5) is 0 Å². The van der Waals surface area contributed by atoms with Gasteiger partial charge in [-0.2, -0.15) is 0 Å². The van der Waals surface area contributed by atoms with E-state index in [1.165, 1.54) is 13.0 Å². The molecule has 3 heterocycles. The highest BCUT2D eigenvalue weighted by Crippen LogP contribution is 2.29. The zero-order chi connectivity index (χ0) is 25.4. The van der Waals surface area contributed by atoms with E-state index >= 15 is 0 Å². The summed E-state index contributed by atoms with van der Waals surface area (Å²) in [6, 6.07) is 6.53. The van der Waals surface area contributed by atoms with Crippen LogP contribution in [0.15, 0.2) is 35.3 Å². The molecule has 9 heteroatoms. The Labute approximate surface area is 198 Å². The van der Waals surface area contributed by atoms with Crippen molar-refractivity contribution in [3.63, 3.8) is 0 Å². The summed E-state index contributed by atoms with van der Waals surface area (Å²) >= 11 is 0. The van der Waals surface area contributed by atoms with Crippen LogP contribution in [-0.4, -0.2) is 49.4 Å². The molecule has 0 radical (unpaired) electrons. The minimum atomic E-state index is -1.69. The van der Waals surface area contributed by atoms with E-state index in [2.05, 4.69) is 9.97 Å². The van der Waals surface area contributed by atoms with Crippen LogP contribution in [0.2, 0.25) is 0 Å². The van der Waals surface area contributed by atoms with Crippen LogP contribution in [-0.2, 0) is 10.3 Å². The van der Waals surface area contributed by atoms with Crippen molar-refractivity contribution in [1.82, 2.24) is 19.4 Å². The van der Waals surface area contributed by atoms with Gasteiger partial charge in [-0.05, 0) is 49.9 Å². The molecule has 0 fully saturated rings. The summed E-state index contributed by atoms with van der Waals surface area (Å²) in [5.41, 5.74) is 5.04. The van der Waals surface area contributed by atoms with Gasteiger partial charge in [0.05, 0.1) is 22.3 Å². The molecule has 0 saturated carbocycles. The number of aromatic hydroxyl groups is 1. The van der Waals surface area contributed by atoms with Crippen LogP contribution in [0.1, 0.15) is 56.4 Å². The van der Waals surface area contributed by atoms with E-state index in [-0.39, 0.29) is 23.1 Å². The number of pyridine rings is 2. The van der Waals surface area contributed by atoms with Crippen LogP contribution in [0.3, 0.4) is 0 Å². The smallest absolute Gasteiger partial charge is 0.294 e. The number of fused-ring (bicyclic) bond motifs is 1. The quantitative estimate of drug-likeness (QED) is 0.468. The maximum Gasteiger partial charge on any atom is 0.294 e. The molecule has 0 aliphatic rings. The molecule has 2 amide bonds. The highest BCUT2D eigenvalue weighted by atomic mass is 16.3. The number of aromatic amines is 1. The molecule has 182 valence electrons. The Bertz CT molecular complexity index is 1280. The third-order valence-corrected chi connectivity index (χ3v) is 5.89. The van der Waals surface area contributed by atoms with Gasteiger partial charge >= 0.3 is 0 Å². The lowest BCUT2D eigenvalue weighted by molar-refractivity contribution is -0.124. The van der Waals surface area contributed by atoms with Gasteiger partial charge in [-0.1, -0.05) is 27.7 Å². The second-order valence-electron chi connectivity index (χ2n) is 9.73. The third-order valence-electron chi connectivity index (χ3n) is 5.89. The number of nitrogens with zero attached hydrogens (tertiary/aromatic N) is 3. The Kier molecular flexibility index (Phi) is 6.86. The summed E-state index contributed by atoms with van der Waals surface area (Å²) in [6.07, 6.45) is 1.72. The van der Waals surface area contributed by atoms with Crippen molar-refractivity contribution in [3.8, 4) is 5.75 Å². The van der Waals surface area contributed by atoms with Crippen molar-refractivity contribution in [1.29, 1.82) is 0 Å². The number of hydrogen-bond acceptors (Lipinski definition) is 5. The highest BCUT2D eigenvalue weighted by Gasteiger charge is 2.40. The average molecular weight is 468 g/mol. The fourth-order valence-electron chi connectivity index (χ4n) is 4.29. The number of rotatable bonds is 8. The zero-order valence-electron chi connectivity index (χ0n) is 20.5. The summed E-state index contributed by atoms with van der Waals surface area (Å²) in [4.78, 5) is 48.7. The third kappa shape index (κ3) is 4.42. The number of nitrogens with one attached hydrogen (secondary N) is 1. The normalized spacial score (nSPS) is 13.4. The summed E-state index contributed by atoms with van der Waals surface area (Å²) < 4.78 is 1.11. The number of amides is 2. The fraction of sp³-hybridized carbons (Fsp3) is 0.440. The van der Waals surface area contributed by atoms with Crippen molar-refractivity contribution in [2.45, 2.75) is 47.1 Å². The molecular formula is C25H33N5O4. The fourth-order valence-corrected chi connectivity index (χ4v) is 4.29. The Morgan fingerprint density at radius 1 is 1.18 bits per heavy atom. The molecule has 3 aromatic heterocycles. The highest BCUT2D eigenvalue weighted by molar-refractivity contribution is 5.97. The van der Waals surface area contributed by atoms with Gasteiger partial charge in [0.1, 0.15) is 0 Å². The topological polar surface area (TPSA) is 134 Å². The van der Waals surface area contributed by atoms with Gasteiger partial charge in [-0.15, -0.1) is 0 Å². The summed E-state index contributed by atoms with van der Waals surface area (Å²) in [7, 11) is 0. The SMILES string of the molecule is Cc1cc(C(=O)N(CC(C)C)CC(C)C)c(O)c(=O)n1C(C)(C(N)=O)c1ccc2[nH]ccc2n1. The van der Waals surface area contributed by atoms with Gasteiger partial charge < -0.3 is 20.7 Å². The van der Waals surface area contributed by atoms with E-state index in [1.54, 1.807) is 36.2 Å². The number of aryl methyl sites for hydroxylation is 1. The van der Waals surface area contributed by atoms with Gasteiger partial charge in [0.25, 0.3) is 11.5 Å². The number of hydrogen-bond donors (Lipinski definition) is 3. The molecule has 3 rings (SSSR count). The molecule has 0 spiro atoms. The summed E-state index contributed by atoms with van der Waals surface area (Å²) in [6.45, 7) is 12.0. The van der Waals surface area contributed by atoms with Crippen molar-refractivity contribution < 1.29 is 14.7 Å². The summed E-state index contributed by atoms with van der Waals surface area (Å²) in [5, 5.41) is 10.9. The first kappa shape index (κ1) is 25.0. The zero-order valence-corrected chi connectivity index (χ0v) is 20.5. The Morgan fingerprint density at radius 2 is 1.79 bits per heavy atom. The molecule has 3 aromatic rings. The van der Waals surface area contributed by atoms with Crippen LogP contribution in [0.25, 0.3) is 11.0 Å². The molecule has 4 N–H and O–H groups in total. The molecule has 9 nitrogen and oxygen atoms in total. The number of H-pyrrole nitrogens is 1. The minimum absolute atomic E-state index is 0.0964. The van der Waals surface area contributed by atoms with Crippen molar-refractivity contribution in [2.24, 2.45) is 17.6 Å². The molecule has 0 bridgehead atoms. The van der Waals surface area contributed by atoms with E-state index in [0.717, 1.165) is 10.1 Å². The van der Waals surface area contributed by atoms with Gasteiger partial charge in [0, 0.05) is 25.0 Å². The average Bonchev–Trinajstić information content (AvgIpc) is 3.22. The van der Waals surface area contributed by atoms with Gasteiger partial charge in [0.2, 0.25) is 5.91 Å². The Morgan fingerprint density at radius 3 is 2.35 bits per heavy atom. The van der Waals surface area contributed by atoms with Crippen LogP contribution in [0, 0.1) is 18.8 Å². The Balaban J connectivity index is 2.18. The summed E-state index contributed by atoms with van der Waals surface area (Å²) in [5.74, 6) is -1.55. The van der Waals surface area contributed by atoms with Crippen LogP contribution < -0.4 is 11.3 Å². The van der Waals surface area contributed by atoms with E-state index in [0.29, 0.717) is 24.3 Å². The predicted octanol–water partition coefficient (Wildman–Crippen LogP) is 2.74. The lowest BCUT2D eigenvalue weighted by Gasteiger charge is -2.31. The van der Waals surface area contributed by atoms with E-state index < -0.39 is 28.7 Å². The molecule has 0 aliphatic carbocycles. The van der Waals surface area contributed by atoms with Gasteiger partial charge in [-0.25, -0.2) is 4.98 Å². The van der Waals surface area contributed by atoms with E-state index in [9.17, 15) is 19.5 Å². The lowest BCUT2D eigenvalue weighted by atomic mass is 9.94. The first-order valence-corrected chi connectivity index (χ1v) is 11.4. The molecular weight excluding hydrogens is 434 g/mol. The number of aromatic nitrogens is 3. The molecule has 1 atom stereocenters. The number of nitrogens with two attached hydrogens (primary N) is 1. The molecule has 0 aromatic carbocycles. The maximum atomic E-state index is 13.4. The van der Waals surface area contributed by atoms with Crippen molar-refractivity contribution in [3.05, 3.63) is 57.8 Å². The van der Waals surface area contributed by atoms with Crippen molar-refractivity contribution in [2.75, 3.05) is 13.1 Å². The lowest BCUT2D eigenvalue weighted by Crippen LogP contribution is -2.51. The molecule has 1 unspecified atom stereocenters. The second kappa shape index (κ2) is 9.32. The number of carbonyl (C=O) groups excluding carboxylic acids is 2. The molecule has 34 heavy (non-hydrogen) atoms. The van der Waals surface area contributed by atoms with Crippen LogP contribution >= 0.6 is 0 Å². The first-order valence-electron chi connectivity index (χ1n) is 11.4. The standard InChI is InChI=1S/C25H33N5O4/c1-14(2)12-29(13-15(3)4)22(32)17-11-16(5)30(23(33)21(17)31)25(6,24(26)34)20-8-7-18-19(28-20)9-10-27-18/h7-11,14-15,27,31H,12-13H2,1-6H3,(H2,26,34). The van der Waals surface area contributed by atoms with E-state index in [4.69, 9.17) is 5.73 Å². The molecule has 0 saturated heterocycles. The van der Waals surface area contributed by atoms with E-state index in [1.807, 2.05) is 27.7 Å². The first-order chi connectivity index (χ1) is 15.9. The Hall–Kier alpha value is -3.62. The number of carbonyl (C=O) groups is 2. The van der Waals surface area contributed by atoms with Crippen LogP contribution in [0.5, 0.6) is 5.75 Å². The van der Waals surface area contributed by atoms with Crippen molar-refractivity contribution >= 4 is 22.8 Å².